The number of fused-ring (bicyclic) bond motifs is 1. The molecule has 2 aromatic heterocycles. The molecule has 0 radical (unpaired) electrons. The molecule has 2 aromatic carbocycles. The van der Waals surface area contributed by atoms with Gasteiger partial charge >= 0.3 is 0 Å². The van der Waals surface area contributed by atoms with Crippen LogP contribution in [0.1, 0.15) is 23.6 Å². The van der Waals surface area contributed by atoms with Crippen LogP contribution in [0.2, 0.25) is 0 Å². The number of hydrogen-bond donors (Lipinski definition) is 1. The lowest BCUT2D eigenvalue weighted by Crippen LogP contribution is -2.32. The maximum absolute atomic E-state index is 13.8. The molecular formula is C24H21FN4O2S2. The SMILES string of the molecule is O=C(CSc1nnc(-c2ccco2)n1Cc1ccccc1)N[C@H]1CCSc2ccc(F)cc21. The molecule has 0 unspecified atom stereocenters. The second kappa shape index (κ2) is 9.84. The molecule has 1 N–H and O–H groups in total. The standard InChI is InChI=1S/C24H21FN4O2S2/c25-17-8-9-21-18(13-17)19(10-12-32-21)26-22(30)15-33-24-28-27-23(20-7-4-11-31-20)29(24)14-16-5-2-1-3-6-16/h1-9,11,13,19H,10,12,14-15H2,(H,26,30)/t19-/m0/s1. The highest BCUT2D eigenvalue weighted by Gasteiger charge is 2.24. The molecule has 33 heavy (non-hydrogen) atoms. The molecule has 6 nitrogen and oxygen atoms in total. The van der Waals surface area contributed by atoms with Crippen LogP contribution in [0.5, 0.6) is 0 Å². The van der Waals surface area contributed by atoms with Gasteiger partial charge in [0.15, 0.2) is 10.9 Å². The van der Waals surface area contributed by atoms with Crippen molar-refractivity contribution in [3.8, 4) is 11.6 Å². The van der Waals surface area contributed by atoms with Crippen molar-refractivity contribution in [2.75, 3.05) is 11.5 Å². The Kier molecular flexibility index (Phi) is 6.50. The van der Waals surface area contributed by atoms with Crippen molar-refractivity contribution >= 4 is 29.4 Å². The monoisotopic (exact) mass is 480 g/mol. The van der Waals surface area contributed by atoms with E-state index in [4.69, 9.17) is 4.42 Å². The number of carbonyl (C=O) groups excluding carboxylic acids is 1. The first-order chi connectivity index (χ1) is 16.2. The minimum atomic E-state index is -0.288. The van der Waals surface area contributed by atoms with Crippen molar-refractivity contribution in [1.82, 2.24) is 20.1 Å². The summed E-state index contributed by atoms with van der Waals surface area (Å²) in [5.74, 6) is 1.88. The highest BCUT2D eigenvalue weighted by atomic mass is 32.2. The molecule has 4 aromatic rings. The van der Waals surface area contributed by atoms with Crippen molar-refractivity contribution in [3.05, 3.63) is 83.9 Å². The van der Waals surface area contributed by atoms with Crippen molar-refractivity contribution in [1.29, 1.82) is 0 Å². The summed E-state index contributed by atoms with van der Waals surface area (Å²) in [4.78, 5) is 13.8. The molecule has 1 aliphatic rings. The summed E-state index contributed by atoms with van der Waals surface area (Å²) in [6, 6.07) is 18.2. The maximum atomic E-state index is 13.8. The summed E-state index contributed by atoms with van der Waals surface area (Å²) < 4.78 is 21.3. The minimum absolute atomic E-state index is 0.124. The number of thioether (sulfide) groups is 2. The Labute approximate surface area is 199 Å². The molecule has 0 bridgehead atoms. The number of benzene rings is 2. The zero-order chi connectivity index (χ0) is 22.6. The number of nitrogens with one attached hydrogen (secondary N) is 1. The Bertz CT molecular complexity index is 1240. The van der Waals surface area contributed by atoms with Crippen LogP contribution in [0.3, 0.4) is 0 Å². The topological polar surface area (TPSA) is 73.0 Å². The fourth-order valence-electron chi connectivity index (χ4n) is 3.77. The fourth-order valence-corrected chi connectivity index (χ4v) is 5.63. The second-order valence-electron chi connectivity index (χ2n) is 7.58. The van der Waals surface area contributed by atoms with E-state index in [1.807, 2.05) is 41.0 Å². The van der Waals surface area contributed by atoms with Crippen LogP contribution in [0.25, 0.3) is 11.6 Å². The number of amides is 1. The van der Waals surface area contributed by atoms with Crippen LogP contribution in [0, 0.1) is 5.82 Å². The molecule has 0 aliphatic carbocycles. The first kappa shape index (κ1) is 21.8. The van der Waals surface area contributed by atoms with Gasteiger partial charge < -0.3 is 9.73 Å². The number of hydrogen-bond acceptors (Lipinski definition) is 6. The molecule has 3 heterocycles. The van der Waals surface area contributed by atoms with E-state index in [1.165, 1.54) is 23.9 Å². The zero-order valence-corrected chi connectivity index (χ0v) is 19.2. The molecule has 0 saturated carbocycles. The number of rotatable bonds is 7. The van der Waals surface area contributed by atoms with Crippen LogP contribution in [-0.4, -0.2) is 32.2 Å². The number of aromatic nitrogens is 3. The Morgan fingerprint density at radius 3 is 2.88 bits per heavy atom. The van der Waals surface area contributed by atoms with Gasteiger partial charge in [-0.3, -0.25) is 9.36 Å². The molecule has 1 aliphatic heterocycles. The maximum Gasteiger partial charge on any atom is 0.230 e. The van der Waals surface area contributed by atoms with E-state index in [0.717, 1.165) is 28.2 Å². The highest BCUT2D eigenvalue weighted by molar-refractivity contribution is 7.99. The predicted molar refractivity (Wildman–Crippen MR) is 127 cm³/mol. The smallest absolute Gasteiger partial charge is 0.230 e. The first-order valence-electron chi connectivity index (χ1n) is 10.5. The predicted octanol–water partition coefficient (Wildman–Crippen LogP) is 5.17. The van der Waals surface area contributed by atoms with Crippen molar-refractivity contribution in [2.24, 2.45) is 0 Å². The summed E-state index contributed by atoms with van der Waals surface area (Å²) in [6.07, 6.45) is 2.37. The summed E-state index contributed by atoms with van der Waals surface area (Å²) in [5.41, 5.74) is 1.94. The van der Waals surface area contributed by atoms with Crippen molar-refractivity contribution in [3.63, 3.8) is 0 Å². The quantitative estimate of drug-likeness (QED) is 0.368. The van der Waals surface area contributed by atoms with E-state index >= 15 is 0 Å². The van der Waals surface area contributed by atoms with Crippen LogP contribution in [0.15, 0.2) is 81.4 Å². The number of halogens is 1. The molecule has 0 fully saturated rings. The molecule has 5 rings (SSSR count). The average Bonchev–Trinajstić information content (AvgIpc) is 3.49. The van der Waals surface area contributed by atoms with Crippen LogP contribution in [-0.2, 0) is 11.3 Å². The van der Waals surface area contributed by atoms with Crippen LogP contribution in [0.4, 0.5) is 4.39 Å². The normalized spacial score (nSPS) is 15.2. The van der Waals surface area contributed by atoms with Crippen LogP contribution < -0.4 is 5.32 Å². The van der Waals surface area contributed by atoms with E-state index in [9.17, 15) is 9.18 Å². The third kappa shape index (κ3) is 4.99. The van der Waals surface area contributed by atoms with Gasteiger partial charge in [0, 0.05) is 10.6 Å². The minimum Gasteiger partial charge on any atom is -0.461 e. The molecule has 9 heteroatoms. The van der Waals surface area contributed by atoms with E-state index in [0.29, 0.717) is 23.3 Å². The lowest BCUT2D eigenvalue weighted by molar-refractivity contribution is -0.119. The average molecular weight is 481 g/mol. The summed E-state index contributed by atoms with van der Waals surface area (Å²) in [6.45, 7) is 0.556. The van der Waals surface area contributed by atoms with E-state index < -0.39 is 0 Å². The molecule has 0 saturated heterocycles. The number of nitrogens with zero attached hydrogens (tertiary/aromatic N) is 3. The molecule has 0 spiro atoms. The largest absolute Gasteiger partial charge is 0.461 e. The third-order valence-electron chi connectivity index (χ3n) is 5.32. The fraction of sp³-hybridized carbons (Fsp3) is 0.208. The lowest BCUT2D eigenvalue weighted by Gasteiger charge is -2.26. The van der Waals surface area contributed by atoms with Gasteiger partial charge in [-0.15, -0.1) is 22.0 Å². The van der Waals surface area contributed by atoms with Gasteiger partial charge in [-0.05, 0) is 47.9 Å². The molecule has 168 valence electrons. The molecule has 1 atom stereocenters. The third-order valence-corrected chi connectivity index (χ3v) is 7.41. The van der Waals surface area contributed by atoms with Gasteiger partial charge in [0.1, 0.15) is 5.82 Å². The molecule has 1 amide bonds. The Morgan fingerprint density at radius 2 is 2.06 bits per heavy atom. The Hall–Kier alpha value is -3.04. The van der Waals surface area contributed by atoms with Gasteiger partial charge in [0.05, 0.1) is 24.6 Å². The van der Waals surface area contributed by atoms with Gasteiger partial charge in [-0.1, -0.05) is 42.1 Å². The van der Waals surface area contributed by atoms with Gasteiger partial charge in [-0.25, -0.2) is 4.39 Å². The highest BCUT2D eigenvalue weighted by Crippen LogP contribution is 2.36. The summed E-state index contributed by atoms with van der Waals surface area (Å²) in [5, 5.41) is 12.3. The first-order valence-corrected chi connectivity index (χ1v) is 12.5. The van der Waals surface area contributed by atoms with Gasteiger partial charge in [-0.2, -0.15) is 0 Å². The van der Waals surface area contributed by atoms with Crippen molar-refractivity contribution in [2.45, 2.75) is 29.1 Å². The Morgan fingerprint density at radius 1 is 1.18 bits per heavy atom. The van der Waals surface area contributed by atoms with Crippen LogP contribution >= 0.6 is 23.5 Å². The van der Waals surface area contributed by atoms with Gasteiger partial charge in [0.25, 0.3) is 0 Å². The van der Waals surface area contributed by atoms with Crippen molar-refractivity contribution < 1.29 is 13.6 Å². The Balaban J connectivity index is 1.31. The zero-order valence-electron chi connectivity index (χ0n) is 17.6. The van der Waals surface area contributed by atoms with E-state index in [-0.39, 0.29) is 23.5 Å². The van der Waals surface area contributed by atoms with E-state index in [1.54, 1.807) is 30.2 Å². The van der Waals surface area contributed by atoms with Gasteiger partial charge in [0.2, 0.25) is 11.7 Å². The summed E-state index contributed by atoms with van der Waals surface area (Å²) >= 11 is 3.01. The number of carbonyl (C=O) groups is 1. The number of furan rings is 1. The lowest BCUT2D eigenvalue weighted by atomic mass is 10.0. The second-order valence-corrected chi connectivity index (χ2v) is 9.66. The molecular weight excluding hydrogens is 459 g/mol. The summed E-state index contributed by atoms with van der Waals surface area (Å²) in [7, 11) is 0. The van der Waals surface area contributed by atoms with E-state index in [2.05, 4.69) is 15.5 Å².